The van der Waals surface area contributed by atoms with Crippen molar-refractivity contribution in [2.45, 2.75) is 25.9 Å². The number of likely N-dealkylation sites (tertiary alicyclic amines) is 1. The monoisotopic (exact) mass is 456 g/mol. The number of rotatable bonds is 8. The number of thiazole rings is 1. The minimum Gasteiger partial charge on any atom is -0.493 e. The Kier molecular flexibility index (Phi) is 6.55. The van der Waals surface area contributed by atoms with E-state index >= 15 is 0 Å². The molecule has 1 aromatic carbocycles. The molecule has 32 heavy (non-hydrogen) atoms. The third-order valence-electron chi connectivity index (χ3n) is 5.70. The first kappa shape index (κ1) is 22.0. The molecular formula is C23H24N2O6S. The number of methoxy groups -OCH3 is 2. The van der Waals surface area contributed by atoms with E-state index in [1.807, 2.05) is 29.7 Å². The van der Waals surface area contributed by atoms with Crippen LogP contribution in [0.5, 0.6) is 11.5 Å². The molecule has 8 nitrogen and oxygen atoms in total. The summed E-state index contributed by atoms with van der Waals surface area (Å²) in [6.07, 6.45) is 5.01. The molecule has 2 aliphatic rings. The Morgan fingerprint density at radius 3 is 2.50 bits per heavy atom. The molecule has 4 rings (SSSR count). The molecule has 0 saturated carbocycles. The molecule has 0 unspecified atom stereocenters. The molecule has 0 spiro atoms. The number of allylic oxidation sites excluding steroid dienone is 2. The van der Waals surface area contributed by atoms with Crippen LogP contribution < -0.4 is 9.47 Å². The number of carbonyl (C=O) groups excluding carboxylic acids is 3. The zero-order valence-corrected chi connectivity index (χ0v) is 18.7. The fourth-order valence-corrected chi connectivity index (χ4v) is 4.90. The summed E-state index contributed by atoms with van der Waals surface area (Å²) in [5.41, 5.74) is 1.39. The average molecular weight is 457 g/mol. The molecule has 0 bridgehead atoms. The number of ether oxygens (including phenoxy) is 3. The maximum absolute atomic E-state index is 12.5. The summed E-state index contributed by atoms with van der Waals surface area (Å²) in [5, 5.41) is 2.53. The van der Waals surface area contributed by atoms with Crippen molar-refractivity contribution in [3.05, 3.63) is 41.4 Å². The lowest BCUT2D eigenvalue weighted by Crippen LogP contribution is -2.33. The second-order valence-corrected chi connectivity index (χ2v) is 8.44. The number of nitrogens with zero attached hydrogens (tertiary/aromatic N) is 2. The van der Waals surface area contributed by atoms with Crippen molar-refractivity contribution in [1.82, 2.24) is 9.88 Å². The maximum atomic E-state index is 12.5. The third-order valence-corrected chi connectivity index (χ3v) is 6.63. The van der Waals surface area contributed by atoms with Crippen LogP contribution in [-0.2, 0) is 25.7 Å². The number of amides is 2. The molecule has 1 fully saturated rings. The number of carbonyl (C=O) groups is 3. The van der Waals surface area contributed by atoms with Crippen molar-refractivity contribution in [3.8, 4) is 22.1 Å². The number of esters is 1. The molecule has 0 N–H and O–H groups in total. The fourth-order valence-electron chi connectivity index (χ4n) is 4.07. The van der Waals surface area contributed by atoms with Crippen LogP contribution in [-0.4, -0.2) is 48.4 Å². The molecule has 1 aromatic heterocycles. The highest BCUT2D eigenvalue weighted by Crippen LogP contribution is 2.39. The number of fused-ring (bicyclic) bond motifs is 1. The van der Waals surface area contributed by atoms with Crippen LogP contribution in [0.15, 0.2) is 35.7 Å². The van der Waals surface area contributed by atoms with Gasteiger partial charge in [0.1, 0.15) is 11.6 Å². The lowest BCUT2D eigenvalue weighted by atomic mass is 9.85. The average Bonchev–Trinajstić information content (AvgIpc) is 3.39. The fraction of sp³-hybridized carbons (Fsp3) is 0.391. The van der Waals surface area contributed by atoms with E-state index in [4.69, 9.17) is 14.2 Å². The first-order chi connectivity index (χ1) is 15.5. The second-order valence-electron chi connectivity index (χ2n) is 7.58. The van der Waals surface area contributed by atoms with E-state index in [0.717, 1.165) is 10.6 Å². The second kappa shape index (κ2) is 9.52. The summed E-state index contributed by atoms with van der Waals surface area (Å²) in [5.74, 6) is -0.233. The standard InChI is InChI=1S/C23H24N2O6S/c1-29-18-9-5-8-17(20(18)30-2)21-24-14(13-32-21)12-31-19(26)10-11-25-22(27)15-6-3-4-7-16(15)23(25)28/h3-5,8-9,13,15-16H,6-7,10-12H2,1-2H3/t15-,16-/m1/s1. The molecule has 1 aliphatic heterocycles. The van der Waals surface area contributed by atoms with E-state index in [1.165, 1.54) is 16.2 Å². The predicted molar refractivity (Wildman–Crippen MR) is 117 cm³/mol. The number of hydrogen-bond acceptors (Lipinski definition) is 8. The molecule has 2 heterocycles. The maximum Gasteiger partial charge on any atom is 0.307 e. The minimum atomic E-state index is -0.480. The van der Waals surface area contributed by atoms with Crippen molar-refractivity contribution in [2.75, 3.05) is 20.8 Å². The van der Waals surface area contributed by atoms with Gasteiger partial charge in [0, 0.05) is 11.9 Å². The number of aromatic nitrogens is 1. The highest BCUT2D eigenvalue weighted by molar-refractivity contribution is 7.13. The highest BCUT2D eigenvalue weighted by Gasteiger charge is 2.46. The van der Waals surface area contributed by atoms with E-state index in [-0.39, 0.29) is 43.2 Å². The summed E-state index contributed by atoms with van der Waals surface area (Å²) in [6, 6.07) is 5.54. The topological polar surface area (TPSA) is 95.0 Å². The van der Waals surface area contributed by atoms with Gasteiger partial charge in [-0.1, -0.05) is 18.2 Å². The van der Waals surface area contributed by atoms with Crippen molar-refractivity contribution < 1.29 is 28.6 Å². The molecule has 9 heteroatoms. The Morgan fingerprint density at radius 1 is 1.12 bits per heavy atom. The van der Waals surface area contributed by atoms with Crippen LogP contribution in [0.2, 0.25) is 0 Å². The van der Waals surface area contributed by atoms with Crippen LogP contribution in [0.25, 0.3) is 10.6 Å². The van der Waals surface area contributed by atoms with E-state index in [9.17, 15) is 14.4 Å². The molecule has 2 aromatic rings. The van der Waals surface area contributed by atoms with Gasteiger partial charge in [-0.15, -0.1) is 11.3 Å². The molecular weight excluding hydrogens is 432 g/mol. The number of imide groups is 1. The Balaban J connectivity index is 1.32. The smallest absolute Gasteiger partial charge is 0.307 e. The molecule has 2 amide bonds. The largest absolute Gasteiger partial charge is 0.493 e. The molecule has 1 saturated heterocycles. The van der Waals surface area contributed by atoms with Gasteiger partial charge >= 0.3 is 5.97 Å². The molecule has 0 radical (unpaired) electrons. The Morgan fingerprint density at radius 2 is 1.84 bits per heavy atom. The first-order valence-electron chi connectivity index (χ1n) is 10.3. The van der Waals surface area contributed by atoms with Crippen molar-refractivity contribution >= 4 is 29.1 Å². The summed E-state index contributed by atoms with van der Waals surface area (Å²) >= 11 is 1.41. The lowest BCUT2D eigenvalue weighted by Gasteiger charge is -2.14. The van der Waals surface area contributed by atoms with Gasteiger partial charge in [-0.3, -0.25) is 19.3 Å². The normalized spacial score (nSPS) is 19.8. The van der Waals surface area contributed by atoms with Crippen LogP contribution in [0.3, 0.4) is 0 Å². The van der Waals surface area contributed by atoms with Gasteiger partial charge < -0.3 is 14.2 Å². The van der Waals surface area contributed by atoms with Crippen LogP contribution in [0, 0.1) is 11.8 Å². The van der Waals surface area contributed by atoms with Crippen LogP contribution in [0.1, 0.15) is 25.0 Å². The number of para-hydroxylation sites is 1. The quantitative estimate of drug-likeness (QED) is 0.342. The van der Waals surface area contributed by atoms with Gasteiger partial charge in [0.25, 0.3) is 0 Å². The summed E-state index contributed by atoms with van der Waals surface area (Å²) < 4.78 is 16.1. The summed E-state index contributed by atoms with van der Waals surface area (Å²) in [7, 11) is 3.14. The van der Waals surface area contributed by atoms with Crippen molar-refractivity contribution in [2.24, 2.45) is 11.8 Å². The minimum absolute atomic E-state index is 0.0126. The van der Waals surface area contributed by atoms with Gasteiger partial charge in [0.05, 0.1) is 43.7 Å². The van der Waals surface area contributed by atoms with Crippen molar-refractivity contribution in [1.29, 1.82) is 0 Å². The Labute approximate surface area is 189 Å². The van der Waals surface area contributed by atoms with E-state index in [1.54, 1.807) is 20.3 Å². The van der Waals surface area contributed by atoms with Gasteiger partial charge in [0.15, 0.2) is 11.5 Å². The molecule has 2 atom stereocenters. The van der Waals surface area contributed by atoms with Gasteiger partial charge in [-0.2, -0.15) is 0 Å². The molecule has 1 aliphatic carbocycles. The van der Waals surface area contributed by atoms with Gasteiger partial charge in [-0.25, -0.2) is 4.98 Å². The Hall–Kier alpha value is -3.20. The zero-order valence-electron chi connectivity index (χ0n) is 17.9. The van der Waals surface area contributed by atoms with Gasteiger partial charge in [-0.05, 0) is 25.0 Å². The van der Waals surface area contributed by atoms with Gasteiger partial charge in [0.2, 0.25) is 11.8 Å². The number of hydrogen-bond donors (Lipinski definition) is 0. The van der Waals surface area contributed by atoms with E-state index in [2.05, 4.69) is 4.98 Å². The zero-order chi connectivity index (χ0) is 22.7. The van der Waals surface area contributed by atoms with Crippen LogP contribution >= 0.6 is 11.3 Å². The predicted octanol–water partition coefficient (Wildman–Crippen LogP) is 3.21. The SMILES string of the molecule is COc1cccc(-c2nc(COC(=O)CCN3C(=O)[C@@H]4CC=CC[C@H]4C3=O)cs2)c1OC. The van der Waals surface area contributed by atoms with E-state index < -0.39 is 5.97 Å². The highest BCUT2D eigenvalue weighted by atomic mass is 32.1. The Bertz CT molecular complexity index is 1040. The third kappa shape index (κ3) is 4.25. The molecule has 168 valence electrons. The summed E-state index contributed by atoms with van der Waals surface area (Å²) in [6.45, 7) is 0.0610. The van der Waals surface area contributed by atoms with Crippen LogP contribution in [0.4, 0.5) is 0 Å². The van der Waals surface area contributed by atoms with Crippen molar-refractivity contribution in [3.63, 3.8) is 0 Å². The van der Waals surface area contributed by atoms with E-state index in [0.29, 0.717) is 30.0 Å². The summed E-state index contributed by atoms with van der Waals surface area (Å²) in [4.78, 5) is 42.9. The lowest BCUT2D eigenvalue weighted by molar-refractivity contribution is -0.146. The number of benzene rings is 1. The first-order valence-corrected chi connectivity index (χ1v) is 11.2.